The van der Waals surface area contributed by atoms with Gasteiger partial charge in [-0.15, -0.1) is 0 Å². The summed E-state index contributed by atoms with van der Waals surface area (Å²) in [5, 5.41) is 2.16. The zero-order valence-electron chi connectivity index (χ0n) is 6.67. The first-order valence-electron chi connectivity index (χ1n) is 4.06. The highest BCUT2D eigenvalue weighted by Crippen LogP contribution is 2.16. The first-order chi connectivity index (χ1) is 5.29. The van der Waals surface area contributed by atoms with Crippen molar-refractivity contribution in [3.8, 4) is 0 Å². The molecule has 2 fully saturated rings. The molecule has 3 atom stereocenters. The molecular weight excluding hydrogens is 142 g/mol. The predicted octanol–water partition coefficient (Wildman–Crippen LogP) is -1.84. The minimum atomic E-state index is 0.0902. The van der Waals surface area contributed by atoms with E-state index >= 15 is 0 Å². The van der Waals surface area contributed by atoms with Crippen LogP contribution in [0.1, 0.15) is 6.92 Å². The summed E-state index contributed by atoms with van der Waals surface area (Å²) in [5.41, 5.74) is 15.3. The minimum absolute atomic E-state index is 0.0902. The lowest BCUT2D eigenvalue weighted by Crippen LogP contribution is -2.60. The fourth-order valence-corrected chi connectivity index (χ4v) is 1.64. The summed E-state index contributed by atoms with van der Waals surface area (Å²) in [6, 6.07) is 0. The highest BCUT2D eigenvalue weighted by molar-refractivity contribution is 4.87. The molecule has 0 aromatic carbocycles. The van der Waals surface area contributed by atoms with Gasteiger partial charge >= 0.3 is 0 Å². The van der Waals surface area contributed by atoms with Crippen LogP contribution in [-0.4, -0.2) is 30.4 Å². The van der Waals surface area contributed by atoms with Crippen molar-refractivity contribution in [1.82, 2.24) is 21.3 Å². The average molecular weight is 157 g/mol. The van der Waals surface area contributed by atoms with Crippen molar-refractivity contribution in [2.24, 2.45) is 11.7 Å². The molecule has 0 bridgehead atoms. The van der Waals surface area contributed by atoms with Gasteiger partial charge in [-0.25, -0.2) is 15.9 Å². The highest BCUT2D eigenvalue weighted by Gasteiger charge is 2.37. The Morgan fingerprint density at radius 2 is 2.36 bits per heavy atom. The third-order valence-electron chi connectivity index (χ3n) is 2.44. The van der Waals surface area contributed by atoms with E-state index in [2.05, 4.69) is 28.2 Å². The summed E-state index contributed by atoms with van der Waals surface area (Å²) in [6.07, 6.45) is 0.436. The van der Waals surface area contributed by atoms with Crippen LogP contribution in [0.4, 0.5) is 0 Å². The fourth-order valence-electron chi connectivity index (χ4n) is 1.64. The van der Waals surface area contributed by atoms with Crippen molar-refractivity contribution in [1.29, 1.82) is 0 Å². The molecule has 5 heteroatoms. The van der Waals surface area contributed by atoms with E-state index in [0.29, 0.717) is 12.1 Å². The van der Waals surface area contributed by atoms with Gasteiger partial charge in [0.25, 0.3) is 0 Å². The lowest BCUT2D eigenvalue weighted by Gasteiger charge is -2.31. The molecule has 2 rings (SSSR count). The molecule has 3 unspecified atom stereocenters. The van der Waals surface area contributed by atoms with Gasteiger partial charge in [0.15, 0.2) is 0 Å². The second-order valence-corrected chi connectivity index (χ2v) is 3.22. The number of rotatable bonds is 0. The Morgan fingerprint density at radius 1 is 1.55 bits per heavy atom. The van der Waals surface area contributed by atoms with E-state index in [9.17, 15) is 0 Å². The Bertz CT molecular complexity index is 150. The largest absolute Gasteiger partial charge is 0.315 e. The molecule has 0 aromatic rings. The maximum absolute atomic E-state index is 5.82. The maximum atomic E-state index is 5.82. The monoisotopic (exact) mass is 157 g/mol. The molecule has 11 heavy (non-hydrogen) atoms. The van der Waals surface area contributed by atoms with Crippen LogP contribution in [0.2, 0.25) is 0 Å². The molecule has 0 amide bonds. The van der Waals surface area contributed by atoms with Crippen molar-refractivity contribution in [3.63, 3.8) is 0 Å². The van der Waals surface area contributed by atoms with Gasteiger partial charge in [0.05, 0.1) is 12.3 Å². The molecule has 0 aliphatic carbocycles. The van der Waals surface area contributed by atoms with Crippen LogP contribution in [0.25, 0.3) is 0 Å². The van der Waals surface area contributed by atoms with Gasteiger partial charge in [-0.1, -0.05) is 6.92 Å². The van der Waals surface area contributed by atoms with Gasteiger partial charge in [0, 0.05) is 19.0 Å². The van der Waals surface area contributed by atoms with Crippen molar-refractivity contribution in [2.75, 3.05) is 13.1 Å². The summed E-state index contributed by atoms with van der Waals surface area (Å²) in [4.78, 5) is 0. The number of hydrogen-bond acceptors (Lipinski definition) is 5. The van der Waals surface area contributed by atoms with Crippen LogP contribution in [0, 0.1) is 5.92 Å². The number of nitrogens with one attached hydrogen (secondary N) is 3. The van der Waals surface area contributed by atoms with Gasteiger partial charge in [0.1, 0.15) is 0 Å². The Morgan fingerprint density at radius 3 is 3.09 bits per heavy atom. The van der Waals surface area contributed by atoms with Crippen molar-refractivity contribution >= 4 is 0 Å². The number of hydrazine groups is 2. The van der Waals surface area contributed by atoms with Gasteiger partial charge in [0.2, 0.25) is 0 Å². The number of fused-ring (bicyclic) bond motifs is 1. The Balaban J connectivity index is 2.05. The summed E-state index contributed by atoms with van der Waals surface area (Å²) in [5.74, 6) is 0.447. The van der Waals surface area contributed by atoms with E-state index in [1.807, 2.05) is 0 Å². The van der Waals surface area contributed by atoms with Crippen LogP contribution in [0.5, 0.6) is 0 Å². The molecular formula is C6H15N5. The third-order valence-corrected chi connectivity index (χ3v) is 2.44. The minimum Gasteiger partial charge on any atom is -0.315 e. The van der Waals surface area contributed by atoms with Crippen molar-refractivity contribution in [3.05, 3.63) is 0 Å². The molecule has 64 valence electrons. The lowest BCUT2D eigenvalue weighted by atomic mass is 10.1. The first kappa shape index (κ1) is 7.45. The van der Waals surface area contributed by atoms with E-state index in [1.54, 1.807) is 0 Å². The van der Waals surface area contributed by atoms with Crippen LogP contribution < -0.4 is 22.0 Å². The topological polar surface area (TPSA) is 65.3 Å². The van der Waals surface area contributed by atoms with E-state index in [4.69, 9.17) is 5.73 Å². The van der Waals surface area contributed by atoms with E-state index < -0.39 is 0 Å². The summed E-state index contributed by atoms with van der Waals surface area (Å²) in [7, 11) is 0. The van der Waals surface area contributed by atoms with Gasteiger partial charge in [-0.05, 0) is 0 Å². The molecule has 2 saturated heterocycles. The number of nitrogens with zero attached hydrogens (tertiary/aromatic N) is 1. The van der Waals surface area contributed by atoms with Gasteiger partial charge in [-0.2, -0.15) is 0 Å². The molecule has 5 nitrogen and oxygen atoms in total. The second kappa shape index (κ2) is 2.69. The Labute approximate surface area is 66.2 Å². The quantitative estimate of drug-likeness (QED) is 0.333. The maximum Gasteiger partial charge on any atom is 0.0914 e. The Hall–Kier alpha value is -0.200. The molecule has 0 spiro atoms. The lowest BCUT2D eigenvalue weighted by molar-refractivity contribution is 0.0949. The van der Waals surface area contributed by atoms with Crippen molar-refractivity contribution < 1.29 is 0 Å². The summed E-state index contributed by atoms with van der Waals surface area (Å²) < 4.78 is 0. The first-order valence-corrected chi connectivity index (χ1v) is 4.06. The standard InChI is InChI=1S/C6H15N5/c1-4-5(7)10-11-3-2-8-9-6(4)11/h4-6,8-10H,2-3,7H2,1H3. The Kier molecular flexibility index (Phi) is 1.82. The average Bonchev–Trinajstić information content (AvgIpc) is 2.30. The smallest absolute Gasteiger partial charge is 0.0914 e. The number of nitrogens with two attached hydrogens (primary N) is 1. The van der Waals surface area contributed by atoms with Crippen LogP contribution in [0.15, 0.2) is 0 Å². The fraction of sp³-hybridized carbons (Fsp3) is 1.00. The number of hydrogen-bond donors (Lipinski definition) is 4. The highest BCUT2D eigenvalue weighted by atomic mass is 15.7. The van der Waals surface area contributed by atoms with Gasteiger partial charge in [-0.3, -0.25) is 5.43 Å². The molecule has 0 saturated carbocycles. The molecule has 5 N–H and O–H groups in total. The van der Waals surface area contributed by atoms with E-state index in [0.717, 1.165) is 13.1 Å². The summed E-state index contributed by atoms with van der Waals surface area (Å²) in [6.45, 7) is 4.11. The van der Waals surface area contributed by atoms with Crippen LogP contribution >= 0.6 is 0 Å². The van der Waals surface area contributed by atoms with Crippen LogP contribution in [0.3, 0.4) is 0 Å². The van der Waals surface area contributed by atoms with Crippen molar-refractivity contribution in [2.45, 2.75) is 19.3 Å². The molecule has 0 radical (unpaired) electrons. The SMILES string of the molecule is CC1C(N)NN2CCNNC12. The van der Waals surface area contributed by atoms with E-state index in [1.165, 1.54) is 0 Å². The van der Waals surface area contributed by atoms with Crippen LogP contribution in [-0.2, 0) is 0 Å². The molecule has 2 aliphatic rings. The predicted molar refractivity (Wildman–Crippen MR) is 41.9 cm³/mol. The second-order valence-electron chi connectivity index (χ2n) is 3.22. The molecule has 2 heterocycles. The van der Waals surface area contributed by atoms with Gasteiger partial charge < -0.3 is 5.73 Å². The normalized spacial score (nSPS) is 45.8. The zero-order valence-corrected chi connectivity index (χ0v) is 6.67. The summed E-state index contributed by atoms with van der Waals surface area (Å²) >= 11 is 0. The third kappa shape index (κ3) is 1.15. The van der Waals surface area contributed by atoms with E-state index in [-0.39, 0.29) is 6.17 Å². The zero-order chi connectivity index (χ0) is 7.84. The molecule has 2 aliphatic heterocycles. The molecule has 0 aromatic heterocycles.